The van der Waals surface area contributed by atoms with Crippen LogP contribution in [-0.4, -0.2) is 59.0 Å². The minimum Gasteiger partial charge on any atom is -0.447 e. The molecule has 2 fully saturated rings. The van der Waals surface area contributed by atoms with Gasteiger partial charge in [0.1, 0.15) is 17.0 Å². The molecule has 1 aliphatic carbocycles. The molecule has 0 spiro atoms. The van der Waals surface area contributed by atoms with E-state index >= 15 is 0 Å². The molecule has 11 heteroatoms. The molecule has 0 unspecified atom stereocenters. The van der Waals surface area contributed by atoms with E-state index in [-0.39, 0.29) is 40.2 Å². The van der Waals surface area contributed by atoms with Crippen molar-refractivity contribution in [3.8, 4) is 0 Å². The number of anilines is 2. The lowest BCUT2D eigenvalue weighted by atomic mass is 9.84. The molecular formula is C24H25ClFN5O4. The lowest BCUT2D eigenvalue weighted by molar-refractivity contribution is -0.121. The summed E-state index contributed by atoms with van der Waals surface area (Å²) in [5.41, 5.74) is 0.313. The Morgan fingerprint density at radius 2 is 1.83 bits per heavy atom. The first-order chi connectivity index (χ1) is 17.0. The Balaban J connectivity index is 1.33. The van der Waals surface area contributed by atoms with Gasteiger partial charge < -0.3 is 19.8 Å². The van der Waals surface area contributed by atoms with Crippen molar-refractivity contribution in [3.63, 3.8) is 0 Å². The SMILES string of the molecule is O=C(Nc1ccc(Cl)cn1)c1oc2ccc(F)nc2c1NC(=O)C1CCC(N2CCOCC2)CC1. The standard InChI is InChI=1S/C24H25ClFN5O4/c25-15-3-8-19(27-13-15)29-24(33)22-21(20-17(35-22)6-7-18(26)28-20)30-23(32)14-1-4-16(5-2-14)31-9-11-34-12-10-31/h3,6-8,13-14,16H,1-2,4-5,9-12H2,(H,30,32)(H,27,29,33). The summed E-state index contributed by atoms with van der Waals surface area (Å²) in [6, 6.07) is 6.06. The number of pyridine rings is 2. The molecule has 2 amide bonds. The highest BCUT2D eigenvalue weighted by molar-refractivity contribution is 6.30. The first-order valence-electron chi connectivity index (χ1n) is 11.6. The van der Waals surface area contributed by atoms with E-state index in [4.69, 9.17) is 20.8 Å². The molecule has 0 bridgehead atoms. The summed E-state index contributed by atoms with van der Waals surface area (Å²) >= 11 is 5.85. The van der Waals surface area contributed by atoms with Gasteiger partial charge in [-0.15, -0.1) is 0 Å². The zero-order chi connectivity index (χ0) is 24.4. The fourth-order valence-electron chi connectivity index (χ4n) is 4.72. The summed E-state index contributed by atoms with van der Waals surface area (Å²) in [4.78, 5) is 36.5. The fourth-order valence-corrected chi connectivity index (χ4v) is 4.83. The predicted molar refractivity (Wildman–Crippen MR) is 128 cm³/mol. The molecular weight excluding hydrogens is 477 g/mol. The van der Waals surface area contributed by atoms with Crippen LogP contribution in [0.15, 0.2) is 34.9 Å². The van der Waals surface area contributed by atoms with E-state index in [2.05, 4.69) is 25.5 Å². The number of aromatic nitrogens is 2. The second-order valence-corrected chi connectivity index (χ2v) is 9.18. The van der Waals surface area contributed by atoms with Crippen LogP contribution >= 0.6 is 11.6 Å². The third-order valence-electron chi connectivity index (χ3n) is 6.55. The fraction of sp³-hybridized carbons (Fsp3) is 0.417. The third kappa shape index (κ3) is 5.29. The van der Waals surface area contributed by atoms with Crippen LogP contribution < -0.4 is 10.6 Å². The predicted octanol–water partition coefficient (Wildman–Crippen LogP) is 4.10. The van der Waals surface area contributed by atoms with Crippen molar-refractivity contribution in [1.82, 2.24) is 14.9 Å². The number of carbonyl (C=O) groups excluding carboxylic acids is 2. The van der Waals surface area contributed by atoms with Crippen molar-refractivity contribution in [1.29, 1.82) is 0 Å². The Labute approximate surface area is 206 Å². The van der Waals surface area contributed by atoms with E-state index in [1.54, 1.807) is 6.07 Å². The van der Waals surface area contributed by atoms with Crippen LogP contribution in [0.25, 0.3) is 11.1 Å². The number of fused-ring (bicyclic) bond motifs is 1. The third-order valence-corrected chi connectivity index (χ3v) is 6.78. The van der Waals surface area contributed by atoms with Crippen molar-refractivity contribution in [2.75, 3.05) is 36.9 Å². The smallest absolute Gasteiger partial charge is 0.294 e. The molecule has 3 aromatic heterocycles. The topological polar surface area (TPSA) is 110 Å². The van der Waals surface area contributed by atoms with Crippen molar-refractivity contribution >= 4 is 46.0 Å². The van der Waals surface area contributed by atoms with Crippen LogP contribution in [0, 0.1) is 11.9 Å². The number of morpholine rings is 1. The highest BCUT2D eigenvalue weighted by Crippen LogP contribution is 2.33. The van der Waals surface area contributed by atoms with Crippen molar-refractivity contribution in [2.24, 2.45) is 5.92 Å². The summed E-state index contributed by atoms with van der Waals surface area (Å²) in [6.07, 6.45) is 4.66. The number of halogens is 2. The highest BCUT2D eigenvalue weighted by atomic mass is 35.5. The summed E-state index contributed by atoms with van der Waals surface area (Å²) < 4.78 is 25.0. The van der Waals surface area contributed by atoms with Crippen LogP contribution in [0.5, 0.6) is 0 Å². The van der Waals surface area contributed by atoms with Gasteiger partial charge in [0.15, 0.2) is 5.58 Å². The maximum Gasteiger partial charge on any atom is 0.294 e. The molecule has 0 aromatic carbocycles. The minimum atomic E-state index is -0.744. The molecule has 0 radical (unpaired) electrons. The van der Waals surface area contributed by atoms with Gasteiger partial charge >= 0.3 is 0 Å². The van der Waals surface area contributed by atoms with Gasteiger partial charge in [0.05, 0.1) is 18.2 Å². The number of hydrogen-bond acceptors (Lipinski definition) is 7. The summed E-state index contributed by atoms with van der Waals surface area (Å²) in [7, 11) is 0. The molecule has 9 nitrogen and oxygen atoms in total. The number of carbonyl (C=O) groups is 2. The monoisotopic (exact) mass is 501 g/mol. The summed E-state index contributed by atoms with van der Waals surface area (Å²) in [6.45, 7) is 3.32. The van der Waals surface area contributed by atoms with Crippen LogP contribution in [0.2, 0.25) is 5.02 Å². The number of ether oxygens (including phenoxy) is 1. The van der Waals surface area contributed by atoms with Crippen LogP contribution in [0.3, 0.4) is 0 Å². The van der Waals surface area contributed by atoms with E-state index in [9.17, 15) is 14.0 Å². The number of nitrogens with zero attached hydrogens (tertiary/aromatic N) is 3. The molecule has 4 heterocycles. The zero-order valence-electron chi connectivity index (χ0n) is 18.9. The first-order valence-corrected chi connectivity index (χ1v) is 12.0. The van der Waals surface area contributed by atoms with Crippen LogP contribution in [0.1, 0.15) is 36.2 Å². The molecule has 35 heavy (non-hydrogen) atoms. The second kappa shape index (κ2) is 10.3. The lowest BCUT2D eigenvalue weighted by Gasteiger charge is -2.38. The van der Waals surface area contributed by atoms with Gasteiger partial charge in [-0.1, -0.05) is 11.6 Å². The van der Waals surface area contributed by atoms with E-state index < -0.39 is 11.9 Å². The van der Waals surface area contributed by atoms with E-state index in [1.165, 1.54) is 18.3 Å². The Morgan fingerprint density at radius 1 is 1.06 bits per heavy atom. The average Bonchev–Trinajstić information content (AvgIpc) is 3.23. The van der Waals surface area contributed by atoms with Crippen molar-refractivity contribution in [2.45, 2.75) is 31.7 Å². The van der Waals surface area contributed by atoms with Crippen LogP contribution in [0.4, 0.5) is 15.9 Å². The lowest BCUT2D eigenvalue weighted by Crippen LogP contribution is -2.45. The molecule has 3 aromatic rings. The number of furan rings is 1. The zero-order valence-corrected chi connectivity index (χ0v) is 19.7. The quantitative estimate of drug-likeness (QED) is 0.506. The average molecular weight is 502 g/mol. The Kier molecular flexibility index (Phi) is 6.94. The molecule has 1 saturated heterocycles. The largest absolute Gasteiger partial charge is 0.447 e. The Morgan fingerprint density at radius 3 is 2.54 bits per heavy atom. The Hall–Kier alpha value is -3.08. The van der Waals surface area contributed by atoms with E-state index in [1.807, 2.05) is 0 Å². The highest BCUT2D eigenvalue weighted by Gasteiger charge is 2.32. The van der Waals surface area contributed by atoms with Crippen molar-refractivity contribution < 1.29 is 23.1 Å². The summed E-state index contributed by atoms with van der Waals surface area (Å²) in [5, 5.41) is 5.83. The van der Waals surface area contributed by atoms with Gasteiger partial charge in [-0.25, -0.2) is 9.97 Å². The van der Waals surface area contributed by atoms with E-state index in [0.717, 1.165) is 58.1 Å². The maximum atomic E-state index is 13.9. The number of hydrogen-bond donors (Lipinski definition) is 2. The molecule has 1 saturated carbocycles. The van der Waals surface area contributed by atoms with Gasteiger partial charge in [-0.2, -0.15) is 4.39 Å². The Bertz CT molecular complexity index is 1220. The molecule has 2 N–H and O–H groups in total. The van der Waals surface area contributed by atoms with Gasteiger partial charge in [0.2, 0.25) is 17.6 Å². The van der Waals surface area contributed by atoms with Crippen LogP contribution in [-0.2, 0) is 9.53 Å². The molecule has 184 valence electrons. The summed E-state index contributed by atoms with van der Waals surface area (Å²) in [5.74, 6) is -1.78. The second-order valence-electron chi connectivity index (χ2n) is 8.75. The molecule has 5 rings (SSSR count). The van der Waals surface area contributed by atoms with E-state index in [0.29, 0.717) is 11.1 Å². The van der Waals surface area contributed by atoms with Gasteiger partial charge in [-0.3, -0.25) is 14.5 Å². The normalized spacial score (nSPS) is 21.1. The molecule has 1 aliphatic heterocycles. The van der Waals surface area contributed by atoms with Crippen molar-refractivity contribution in [3.05, 3.63) is 47.2 Å². The number of amides is 2. The maximum absolute atomic E-state index is 13.9. The van der Waals surface area contributed by atoms with Gasteiger partial charge in [-0.05, 0) is 49.9 Å². The van der Waals surface area contributed by atoms with Gasteiger partial charge in [0, 0.05) is 31.2 Å². The minimum absolute atomic E-state index is 0.0475. The molecule has 0 atom stereocenters. The first kappa shape index (κ1) is 23.7. The molecule has 2 aliphatic rings. The number of rotatable bonds is 5. The van der Waals surface area contributed by atoms with Gasteiger partial charge in [0.25, 0.3) is 5.91 Å². The number of nitrogens with one attached hydrogen (secondary N) is 2.